The van der Waals surface area contributed by atoms with Gasteiger partial charge in [0.2, 0.25) is 0 Å². The molecule has 9 heteroatoms. The molecule has 4 rings (SSSR count). The number of hydrogen-bond acceptors (Lipinski definition) is 6. The van der Waals surface area contributed by atoms with Gasteiger partial charge in [0, 0.05) is 23.9 Å². The highest BCUT2D eigenvalue weighted by Gasteiger charge is 2.30. The summed E-state index contributed by atoms with van der Waals surface area (Å²) >= 11 is 0. The topological polar surface area (TPSA) is 65.5 Å². The fourth-order valence-electron chi connectivity index (χ4n) is 3.88. The number of rotatable bonds is 10. The van der Waals surface area contributed by atoms with Gasteiger partial charge in [-0.25, -0.2) is 23.1 Å². The van der Waals surface area contributed by atoms with Crippen molar-refractivity contribution >= 4 is 16.7 Å². The molecule has 1 aliphatic rings. The van der Waals surface area contributed by atoms with Crippen LogP contribution in [0.5, 0.6) is 11.5 Å². The second-order valence-electron chi connectivity index (χ2n) is 9.06. The molecular formula is C26H30F3N3O3. The smallest absolute Gasteiger partial charge is 0.273 e. The summed E-state index contributed by atoms with van der Waals surface area (Å²) < 4.78 is 60.0. The fourth-order valence-corrected chi connectivity index (χ4v) is 3.88. The molecule has 0 aliphatic heterocycles. The van der Waals surface area contributed by atoms with Crippen LogP contribution in [0.15, 0.2) is 30.3 Å². The van der Waals surface area contributed by atoms with Gasteiger partial charge < -0.3 is 19.5 Å². The van der Waals surface area contributed by atoms with Crippen LogP contribution in [-0.2, 0) is 10.7 Å². The minimum absolute atomic E-state index is 0.115. The molecule has 0 saturated heterocycles. The molecule has 1 fully saturated rings. The number of aromatic nitrogens is 2. The first kappa shape index (κ1) is 25.0. The average Bonchev–Trinajstić information content (AvgIpc) is 3.61. The number of nitrogens with zero attached hydrogens (tertiary/aromatic N) is 2. The lowest BCUT2D eigenvalue weighted by Crippen LogP contribution is -2.20. The van der Waals surface area contributed by atoms with Gasteiger partial charge in [0.15, 0.2) is 11.5 Å². The van der Waals surface area contributed by atoms with E-state index in [1.165, 1.54) is 12.1 Å². The molecule has 1 N–H and O–H groups in total. The lowest BCUT2D eigenvalue weighted by molar-refractivity contribution is 0.0136. The molecule has 1 heterocycles. The van der Waals surface area contributed by atoms with Gasteiger partial charge >= 0.3 is 0 Å². The SMILES string of the molecule is COc1cc2nc(C)nc(N[C@H](C)c3cccc(C(C)(F)F)c3F)c2cc1O[C@@H](C)COC1CC1. The van der Waals surface area contributed by atoms with E-state index >= 15 is 0 Å². The lowest BCUT2D eigenvalue weighted by atomic mass is 10.0. The van der Waals surface area contributed by atoms with Crippen molar-refractivity contribution < 1.29 is 27.4 Å². The Balaban J connectivity index is 1.66. The van der Waals surface area contributed by atoms with Crippen LogP contribution in [0.2, 0.25) is 0 Å². The highest BCUT2D eigenvalue weighted by molar-refractivity contribution is 5.92. The molecule has 35 heavy (non-hydrogen) atoms. The molecule has 0 unspecified atom stereocenters. The van der Waals surface area contributed by atoms with E-state index in [9.17, 15) is 13.2 Å². The largest absolute Gasteiger partial charge is 0.493 e. The van der Waals surface area contributed by atoms with E-state index in [0.29, 0.717) is 53.7 Å². The summed E-state index contributed by atoms with van der Waals surface area (Å²) in [6.45, 7) is 6.48. The number of alkyl halides is 2. The number of methoxy groups -OCH3 is 1. The van der Waals surface area contributed by atoms with E-state index in [-0.39, 0.29) is 11.7 Å². The van der Waals surface area contributed by atoms with Crippen LogP contribution >= 0.6 is 0 Å². The van der Waals surface area contributed by atoms with Crippen LogP contribution in [-0.4, -0.2) is 35.9 Å². The standard InChI is InChI=1S/C26H30F3N3O3/c1-14(13-34-17-9-10-17)35-23-11-19-21(12-22(23)33-5)31-16(3)32-25(19)30-15(2)18-7-6-8-20(24(18)27)26(4,28)29/h6-8,11-12,14-15,17H,9-10,13H2,1-5H3,(H,30,31,32)/t14-,15+/m0/s1. The highest BCUT2D eigenvalue weighted by Crippen LogP contribution is 2.37. The van der Waals surface area contributed by atoms with Gasteiger partial charge in [-0.1, -0.05) is 18.2 Å². The third-order valence-corrected chi connectivity index (χ3v) is 5.83. The number of hydrogen-bond donors (Lipinski definition) is 1. The zero-order valence-electron chi connectivity index (χ0n) is 20.5. The van der Waals surface area contributed by atoms with Crippen molar-refractivity contribution in [1.82, 2.24) is 9.97 Å². The van der Waals surface area contributed by atoms with Gasteiger partial charge in [0.1, 0.15) is 23.6 Å². The monoisotopic (exact) mass is 489 g/mol. The summed E-state index contributed by atoms with van der Waals surface area (Å²) in [5, 5.41) is 3.80. The normalized spacial score (nSPS) is 15.7. The Kier molecular flexibility index (Phi) is 7.07. The van der Waals surface area contributed by atoms with Crippen molar-refractivity contribution in [2.45, 2.75) is 64.7 Å². The van der Waals surface area contributed by atoms with Crippen LogP contribution < -0.4 is 14.8 Å². The van der Waals surface area contributed by atoms with Gasteiger partial charge in [0.25, 0.3) is 5.92 Å². The summed E-state index contributed by atoms with van der Waals surface area (Å²) in [6, 6.07) is 6.88. The third kappa shape index (κ3) is 5.78. The van der Waals surface area contributed by atoms with Crippen molar-refractivity contribution in [3.05, 3.63) is 53.1 Å². The number of benzene rings is 2. The molecule has 6 nitrogen and oxygen atoms in total. The van der Waals surface area contributed by atoms with Gasteiger partial charge in [-0.3, -0.25) is 0 Å². The number of nitrogens with one attached hydrogen (secondary N) is 1. The molecule has 3 aromatic rings. The van der Waals surface area contributed by atoms with Crippen molar-refractivity contribution in [3.8, 4) is 11.5 Å². The van der Waals surface area contributed by atoms with Crippen molar-refractivity contribution in [1.29, 1.82) is 0 Å². The highest BCUT2D eigenvalue weighted by atomic mass is 19.3. The first-order valence-corrected chi connectivity index (χ1v) is 11.6. The van der Waals surface area contributed by atoms with Crippen LogP contribution in [0.25, 0.3) is 10.9 Å². The predicted molar refractivity (Wildman–Crippen MR) is 128 cm³/mol. The zero-order chi connectivity index (χ0) is 25.3. The molecule has 0 radical (unpaired) electrons. The Morgan fingerprint density at radius 1 is 1.14 bits per heavy atom. The van der Waals surface area contributed by atoms with Crippen molar-refractivity contribution in [2.75, 3.05) is 19.0 Å². The molecule has 0 spiro atoms. The van der Waals surface area contributed by atoms with Crippen LogP contribution in [0.3, 0.4) is 0 Å². The van der Waals surface area contributed by atoms with Crippen LogP contribution in [0.4, 0.5) is 19.0 Å². The van der Waals surface area contributed by atoms with E-state index in [0.717, 1.165) is 18.9 Å². The van der Waals surface area contributed by atoms with Gasteiger partial charge in [-0.05, 0) is 39.7 Å². The van der Waals surface area contributed by atoms with Gasteiger partial charge in [-0.15, -0.1) is 0 Å². The predicted octanol–water partition coefficient (Wildman–Crippen LogP) is 6.32. The Morgan fingerprint density at radius 2 is 1.89 bits per heavy atom. The Morgan fingerprint density at radius 3 is 2.54 bits per heavy atom. The maximum Gasteiger partial charge on any atom is 0.273 e. The maximum atomic E-state index is 15.0. The minimum atomic E-state index is -3.29. The van der Waals surface area contributed by atoms with Crippen molar-refractivity contribution in [3.63, 3.8) is 0 Å². The van der Waals surface area contributed by atoms with Crippen LogP contribution in [0, 0.1) is 12.7 Å². The first-order chi connectivity index (χ1) is 16.6. The number of halogens is 3. The summed E-state index contributed by atoms with van der Waals surface area (Å²) in [4.78, 5) is 8.99. The second kappa shape index (κ2) is 9.89. The quantitative estimate of drug-likeness (QED) is 0.360. The molecule has 1 aromatic heterocycles. The Hall–Kier alpha value is -3.07. The third-order valence-electron chi connectivity index (χ3n) is 5.83. The number of aryl methyl sites for hydroxylation is 1. The molecule has 188 valence electrons. The fraction of sp³-hybridized carbons (Fsp3) is 0.462. The number of anilines is 1. The Labute approximate surface area is 202 Å². The summed E-state index contributed by atoms with van der Waals surface area (Å²) in [5.41, 5.74) is 0.0760. The molecular weight excluding hydrogens is 459 g/mol. The van der Waals surface area contributed by atoms with Crippen molar-refractivity contribution in [2.24, 2.45) is 0 Å². The molecule has 1 saturated carbocycles. The lowest BCUT2D eigenvalue weighted by Gasteiger charge is -2.21. The number of ether oxygens (including phenoxy) is 3. The van der Waals surface area contributed by atoms with E-state index in [2.05, 4.69) is 15.3 Å². The van der Waals surface area contributed by atoms with Gasteiger partial charge in [0.05, 0.1) is 36.9 Å². The number of fused-ring (bicyclic) bond motifs is 1. The van der Waals surface area contributed by atoms with Crippen LogP contribution in [0.1, 0.15) is 56.6 Å². The molecule has 2 aromatic carbocycles. The average molecular weight is 490 g/mol. The maximum absolute atomic E-state index is 15.0. The van der Waals surface area contributed by atoms with E-state index in [4.69, 9.17) is 14.2 Å². The molecule has 1 aliphatic carbocycles. The Bertz CT molecular complexity index is 1210. The molecule has 0 amide bonds. The van der Waals surface area contributed by atoms with E-state index in [1.54, 1.807) is 33.1 Å². The summed E-state index contributed by atoms with van der Waals surface area (Å²) in [6.07, 6.45) is 2.26. The summed E-state index contributed by atoms with van der Waals surface area (Å²) in [5.74, 6) is -2.30. The summed E-state index contributed by atoms with van der Waals surface area (Å²) in [7, 11) is 1.55. The van der Waals surface area contributed by atoms with Gasteiger partial charge in [-0.2, -0.15) is 0 Å². The van der Waals surface area contributed by atoms with E-state index in [1.807, 2.05) is 6.92 Å². The zero-order valence-corrected chi connectivity index (χ0v) is 20.5. The second-order valence-corrected chi connectivity index (χ2v) is 9.06. The van der Waals surface area contributed by atoms with E-state index < -0.39 is 23.3 Å². The first-order valence-electron chi connectivity index (χ1n) is 11.6. The molecule has 2 atom stereocenters. The molecule has 0 bridgehead atoms. The minimum Gasteiger partial charge on any atom is -0.493 e.